The van der Waals surface area contributed by atoms with Gasteiger partial charge >= 0.3 is 0 Å². The highest BCUT2D eigenvalue weighted by molar-refractivity contribution is 7.92. The average Bonchev–Trinajstić information content (AvgIpc) is 2.74. The van der Waals surface area contributed by atoms with E-state index in [-0.39, 0.29) is 21.2 Å². The molecule has 0 aliphatic heterocycles. The Kier molecular flexibility index (Phi) is 7.04. The molecule has 0 radical (unpaired) electrons. The fourth-order valence-corrected chi connectivity index (χ4v) is 4.44. The van der Waals surface area contributed by atoms with Crippen molar-refractivity contribution in [3.8, 4) is 0 Å². The predicted octanol–water partition coefficient (Wildman–Crippen LogP) is 4.13. The van der Waals surface area contributed by atoms with E-state index in [1.807, 2.05) is 6.92 Å². The third-order valence-corrected chi connectivity index (χ3v) is 6.41. The first kappa shape index (κ1) is 22.5. The lowest BCUT2D eigenvalue weighted by Crippen LogP contribution is -2.39. The van der Waals surface area contributed by atoms with Crippen molar-refractivity contribution < 1.29 is 17.6 Å². The molecule has 0 unspecified atom stereocenters. The normalized spacial score (nSPS) is 11.5. The van der Waals surface area contributed by atoms with Crippen LogP contribution in [0.4, 0.5) is 10.1 Å². The molecule has 0 bridgehead atoms. The molecule has 3 rings (SSSR count). The number of carbonyl (C=O) groups is 1. The fraction of sp³-hybridized carbons (Fsp3) is 0.0909. The van der Waals surface area contributed by atoms with E-state index in [2.05, 4.69) is 10.5 Å². The first-order chi connectivity index (χ1) is 14.8. The van der Waals surface area contributed by atoms with Crippen LogP contribution in [0.15, 0.2) is 82.8 Å². The number of rotatable bonds is 7. The Morgan fingerprint density at radius 3 is 2.39 bits per heavy atom. The molecule has 31 heavy (non-hydrogen) atoms. The van der Waals surface area contributed by atoms with Crippen LogP contribution >= 0.6 is 11.6 Å². The Hall–Kier alpha value is -3.23. The smallest absolute Gasteiger partial charge is 0.264 e. The number of nitrogens with zero attached hydrogens (tertiary/aromatic N) is 2. The van der Waals surface area contributed by atoms with Crippen molar-refractivity contribution in [3.05, 3.63) is 94.8 Å². The number of nitrogens with one attached hydrogen (secondary N) is 1. The van der Waals surface area contributed by atoms with Gasteiger partial charge in [0.05, 0.1) is 21.8 Å². The summed E-state index contributed by atoms with van der Waals surface area (Å²) < 4.78 is 41.1. The molecule has 3 aromatic rings. The summed E-state index contributed by atoms with van der Waals surface area (Å²) in [5, 5.41) is 3.89. The number of sulfonamides is 1. The van der Waals surface area contributed by atoms with Crippen LogP contribution in [0.2, 0.25) is 5.02 Å². The zero-order chi connectivity index (χ0) is 22.4. The second-order valence-corrected chi connectivity index (χ2v) is 8.86. The van der Waals surface area contributed by atoms with Gasteiger partial charge < -0.3 is 0 Å². The molecule has 0 aliphatic rings. The van der Waals surface area contributed by atoms with E-state index < -0.39 is 28.3 Å². The van der Waals surface area contributed by atoms with Gasteiger partial charge in [0.25, 0.3) is 15.9 Å². The predicted molar refractivity (Wildman–Crippen MR) is 119 cm³/mol. The number of amides is 1. The Bertz CT molecular complexity index is 1210. The van der Waals surface area contributed by atoms with Gasteiger partial charge in [-0.1, -0.05) is 59.6 Å². The minimum Gasteiger partial charge on any atom is -0.271 e. The number of carbonyl (C=O) groups excluding carboxylic acids is 1. The standard InChI is InChI=1S/C22H19ClFN3O3S/c1-16-10-12-18(13-11-16)31(29,30)27(21-9-5-3-7-19(21)23)15-22(28)26-25-14-17-6-2-4-8-20(17)24/h2-14H,15H2,1H3,(H,26,28)/b25-14-. The molecule has 0 aliphatic carbocycles. The number of benzene rings is 3. The maximum Gasteiger partial charge on any atom is 0.264 e. The van der Waals surface area contributed by atoms with E-state index in [1.165, 1.54) is 42.5 Å². The molecular weight excluding hydrogens is 441 g/mol. The monoisotopic (exact) mass is 459 g/mol. The van der Waals surface area contributed by atoms with Crippen LogP contribution in [0.1, 0.15) is 11.1 Å². The van der Waals surface area contributed by atoms with Crippen LogP contribution in [0.3, 0.4) is 0 Å². The number of halogens is 2. The van der Waals surface area contributed by atoms with Crippen LogP contribution in [0, 0.1) is 12.7 Å². The third kappa shape index (κ3) is 5.48. The van der Waals surface area contributed by atoms with Crippen molar-refractivity contribution in [2.45, 2.75) is 11.8 Å². The van der Waals surface area contributed by atoms with Crippen LogP contribution in [-0.4, -0.2) is 27.1 Å². The summed E-state index contributed by atoms with van der Waals surface area (Å²) >= 11 is 6.21. The fourth-order valence-electron chi connectivity index (χ4n) is 2.71. The minimum atomic E-state index is -4.10. The Morgan fingerprint density at radius 2 is 1.71 bits per heavy atom. The van der Waals surface area contributed by atoms with Gasteiger partial charge in [-0.05, 0) is 37.3 Å². The van der Waals surface area contributed by atoms with Crippen molar-refractivity contribution in [1.82, 2.24) is 5.43 Å². The van der Waals surface area contributed by atoms with Crippen molar-refractivity contribution in [3.63, 3.8) is 0 Å². The molecule has 0 fully saturated rings. The molecule has 1 N–H and O–H groups in total. The summed E-state index contributed by atoms with van der Waals surface area (Å²) in [4.78, 5) is 12.5. The van der Waals surface area contributed by atoms with Crippen molar-refractivity contribution in [1.29, 1.82) is 0 Å². The molecule has 0 saturated heterocycles. The summed E-state index contributed by atoms with van der Waals surface area (Å²) in [5.41, 5.74) is 3.45. The summed E-state index contributed by atoms with van der Waals surface area (Å²) in [6, 6.07) is 18.5. The Balaban J connectivity index is 1.87. The first-order valence-electron chi connectivity index (χ1n) is 9.19. The zero-order valence-electron chi connectivity index (χ0n) is 16.5. The second-order valence-electron chi connectivity index (χ2n) is 6.59. The lowest BCUT2D eigenvalue weighted by Gasteiger charge is -2.24. The second kappa shape index (κ2) is 9.72. The topological polar surface area (TPSA) is 78.8 Å². The lowest BCUT2D eigenvalue weighted by atomic mass is 10.2. The molecule has 0 heterocycles. The van der Waals surface area contributed by atoms with Gasteiger partial charge in [0.1, 0.15) is 12.4 Å². The number of hydrogen-bond acceptors (Lipinski definition) is 4. The van der Waals surface area contributed by atoms with Gasteiger partial charge in [-0.2, -0.15) is 5.10 Å². The first-order valence-corrected chi connectivity index (χ1v) is 11.0. The highest BCUT2D eigenvalue weighted by atomic mass is 35.5. The molecule has 0 aromatic heterocycles. The largest absolute Gasteiger partial charge is 0.271 e. The summed E-state index contributed by atoms with van der Waals surface area (Å²) in [6.07, 6.45) is 1.14. The SMILES string of the molecule is Cc1ccc(S(=O)(=O)N(CC(=O)N/N=C\c2ccccc2F)c2ccccc2Cl)cc1. The molecule has 3 aromatic carbocycles. The van der Waals surface area contributed by atoms with Gasteiger partial charge in [-0.3, -0.25) is 9.10 Å². The van der Waals surface area contributed by atoms with Crippen LogP contribution in [0.25, 0.3) is 0 Å². The van der Waals surface area contributed by atoms with Crippen molar-refractivity contribution in [2.75, 3.05) is 10.8 Å². The van der Waals surface area contributed by atoms with E-state index in [0.29, 0.717) is 0 Å². The number of para-hydroxylation sites is 1. The number of hydrogen-bond donors (Lipinski definition) is 1. The molecule has 6 nitrogen and oxygen atoms in total. The summed E-state index contributed by atoms with van der Waals surface area (Å²) in [5.74, 6) is -1.22. The average molecular weight is 460 g/mol. The van der Waals surface area contributed by atoms with E-state index in [0.717, 1.165) is 16.1 Å². The van der Waals surface area contributed by atoms with Crippen molar-refractivity contribution in [2.24, 2.45) is 5.10 Å². The van der Waals surface area contributed by atoms with E-state index in [4.69, 9.17) is 11.6 Å². The highest BCUT2D eigenvalue weighted by Gasteiger charge is 2.28. The van der Waals surface area contributed by atoms with E-state index in [1.54, 1.807) is 30.3 Å². The summed E-state index contributed by atoms with van der Waals surface area (Å²) in [7, 11) is -4.10. The number of anilines is 1. The number of hydrazone groups is 1. The minimum absolute atomic E-state index is 0.0145. The van der Waals surface area contributed by atoms with Gasteiger partial charge in [-0.15, -0.1) is 0 Å². The third-order valence-electron chi connectivity index (χ3n) is 4.32. The maximum atomic E-state index is 13.7. The Morgan fingerprint density at radius 1 is 1.06 bits per heavy atom. The summed E-state index contributed by atoms with van der Waals surface area (Å²) in [6.45, 7) is 1.26. The van der Waals surface area contributed by atoms with Crippen LogP contribution < -0.4 is 9.73 Å². The van der Waals surface area contributed by atoms with Gasteiger partial charge in [0, 0.05) is 5.56 Å². The zero-order valence-corrected chi connectivity index (χ0v) is 18.1. The molecule has 160 valence electrons. The highest BCUT2D eigenvalue weighted by Crippen LogP contribution is 2.30. The van der Waals surface area contributed by atoms with Crippen LogP contribution in [-0.2, 0) is 14.8 Å². The molecule has 1 amide bonds. The maximum absolute atomic E-state index is 13.7. The molecular formula is C22H19ClFN3O3S. The van der Waals surface area contributed by atoms with Gasteiger partial charge in [0.2, 0.25) is 0 Å². The quantitative estimate of drug-likeness (QED) is 0.426. The lowest BCUT2D eigenvalue weighted by molar-refractivity contribution is -0.119. The molecule has 9 heteroatoms. The molecule has 0 atom stereocenters. The Labute approximate surface area is 185 Å². The van der Waals surface area contributed by atoms with Crippen molar-refractivity contribution >= 4 is 39.4 Å². The van der Waals surface area contributed by atoms with Crippen LogP contribution in [0.5, 0.6) is 0 Å². The number of aryl methyl sites for hydroxylation is 1. The van der Waals surface area contributed by atoms with Gasteiger partial charge in [0.15, 0.2) is 0 Å². The molecule has 0 spiro atoms. The van der Waals surface area contributed by atoms with E-state index >= 15 is 0 Å². The van der Waals surface area contributed by atoms with E-state index in [9.17, 15) is 17.6 Å². The molecule has 0 saturated carbocycles. The van der Waals surface area contributed by atoms with Gasteiger partial charge in [-0.25, -0.2) is 18.2 Å².